The minimum atomic E-state index is 0.0317. The van der Waals surface area contributed by atoms with E-state index in [1.54, 1.807) is 14.2 Å². The largest absolute Gasteiger partial charge is 0.497 e. The van der Waals surface area contributed by atoms with E-state index in [0.29, 0.717) is 19.0 Å². The molecule has 2 heterocycles. The van der Waals surface area contributed by atoms with Crippen LogP contribution in [-0.4, -0.2) is 50.5 Å². The summed E-state index contributed by atoms with van der Waals surface area (Å²) in [5.74, 6) is 3.53. The fraction of sp³-hybridized carbons (Fsp3) is 0.409. The van der Waals surface area contributed by atoms with E-state index in [1.165, 1.54) is 11.8 Å². The maximum absolute atomic E-state index is 13.0. The van der Waals surface area contributed by atoms with E-state index in [0.717, 1.165) is 52.8 Å². The number of benzene rings is 2. The molecular formula is C22H25NO5S. The molecule has 4 rings (SSSR count). The second-order valence-electron chi connectivity index (χ2n) is 6.95. The predicted molar refractivity (Wildman–Crippen MR) is 111 cm³/mol. The van der Waals surface area contributed by atoms with Crippen LogP contribution in [0, 0.1) is 0 Å². The molecule has 0 bridgehead atoms. The molecular weight excluding hydrogens is 390 g/mol. The first-order valence-electron chi connectivity index (χ1n) is 9.73. The number of rotatable bonds is 6. The number of nitrogens with zero attached hydrogens (tertiary/aromatic N) is 1. The number of likely N-dealkylation sites (tertiary alicyclic amines) is 1. The van der Waals surface area contributed by atoms with Crippen molar-refractivity contribution in [1.82, 2.24) is 4.90 Å². The lowest BCUT2D eigenvalue weighted by Gasteiger charge is -2.26. The van der Waals surface area contributed by atoms with Gasteiger partial charge in [0.05, 0.1) is 26.0 Å². The van der Waals surface area contributed by atoms with Crippen LogP contribution in [0.4, 0.5) is 0 Å². The van der Waals surface area contributed by atoms with Gasteiger partial charge < -0.3 is 23.8 Å². The van der Waals surface area contributed by atoms with Crippen molar-refractivity contribution < 1.29 is 23.7 Å². The van der Waals surface area contributed by atoms with Gasteiger partial charge >= 0.3 is 0 Å². The van der Waals surface area contributed by atoms with E-state index < -0.39 is 0 Å². The molecule has 2 aromatic carbocycles. The molecule has 2 aromatic rings. The first-order chi connectivity index (χ1) is 14.2. The van der Waals surface area contributed by atoms with Crippen molar-refractivity contribution in [1.29, 1.82) is 0 Å². The number of fused-ring (bicyclic) bond motifs is 1. The van der Waals surface area contributed by atoms with E-state index >= 15 is 0 Å². The predicted octanol–water partition coefficient (Wildman–Crippen LogP) is 3.93. The molecule has 2 aliphatic heterocycles. The van der Waals surface area contributed by atoms with E-state index in [2.05, 4.69) is 0 Å². The van der Waals surface area contributed by atoms with Crippen LogP contribution in [0.25, 0.3) is 0 Å². The first-order valence-corrected chi connectivity index (χ1v) is 10.7. The molecule has 0 unspecified atom stereocenters. The quantitative estimate of drug-likeness (QED) is 0.667. The van der Waals surface area contributed by atoms with Gasteiger partial charge in [-0.05, 0) is 43.2 Å². The third kappa shape index (κ3) is 4.24. The molecule has 7 heteroatoms. The fourth-order valence-electron chi connectivity index (χ4n) is 3.82. The number of carbonyl (C=O) groups is 1. The number of carbonyl (C=O) groups excluding carboxylic acids is 1. The molecule has 6 nitrogen and oxygen atoms in total. The van der Waals surface area contributed by atoms with Crippen molar-refractivity contribution in [3.8, 4) is 23.0 Å². The summed E-state index contributed by atoms with van der Waals surface area (Å²) in [5, 5.41) is 0. The number of ether oxygens (including phenoxy) is 4. The first kappa shape index (κ1) is 19.8. The summed E-state index contributed by atoms with van der Waals surface area (Å²) in [6, 6.07) is 11.6. The highest BCUT2D eigenvalue weighted by molar-refractivity contribution is 8.00. The van der Waals surface area contributed by atoms with Crippen LogP contribution in [0.15, 0.2) is 41.3 Å². The second kappa shape index (κ2) is 8.86. The topological polar surface area (TPSA) is 57.2 Å². The lowest BCUT2D eigenvalue weighted by molar-refractivity contribution is -0.129. The van der Waals surface area contributed by atoms with Crippen LogP contribution in [-0.2, 0) is 4.79 Å². The van der Waals surface area contributed by atoms with Gasteiger partial charge in [0.15, 0.2) is 11.5 Å². The van der Waals surface area contributed by atoms with Crippen molar-refractivity contribution >= 4 is 17.7 Å². The Balaban J connectivity index is 1.44. The SMILES string of the molecule is COc1ccc([C@@H]2CCCN2C(=O)CSc2ccc3c(c2)OCCO3)c(OC)c1. The Morgan fingerprint density at radius 2 is 1.93 bits per heavy atom. The fourth-order valence-corrected chi connectivity index (χ4v) is 4.63. The van der Waals surface area contributed by atoms with Gasteiger partial charge in [-0.2, -0.15) is 0 Å². The Morgan fingerprint density at radius 1 is 1.10 bits per heavy atom. The van der Waals surface area contributed by atoms with Crippen LogP contribution < -0.4 is 18.9 Å². The summed E-state index contributed by atoms with van der Waals surface area (Å²) < 4.78 is 22.0. The summed E-state index contributed by atoms with van der Waals surface area (Å²) in [5.41, 5.74) is 1.03. The van der Waals surface area contributed by atoms with Gasteiger partial charge in [-0.3, -0.25) is 4.79 Å². The molecule has 29 heavy (non-hydrogen) atoms. The zero-order chi connectivity index (χ0) is 20.2. The highest BCUT2D eigenvalue weighted by atomic mass is 32.2. The lowest BCUT2D eigenvalue weighted by atomic mass is 10.0. The maximum atomic E-state index is 13.0. The molecule has 0 aromatic heterocycles. The third-order valence-corrected chi connectivity index (χ3v) is 6.23. The summed E-state index contributed by atoms with van der Waals surface area (Å²) in [6.07, 6.45) is 1.92. The van der Waals surface area contributed by atoms with Gasteiger partial charge in [-0.15, -0.1) is 11.8 Å². The average Bonchev–Trinajstić information content (AvgIpc) is 3.26. The normalized spacial score (nSPS) is 17.9. The summed E-state index contributed by atoms with van der Waals surface area (Å²) in [6.45, 7) is 1.89. The van der Waals surface area contributed by atoms with Crippen molar-refractivity contribution in [2.45, 2.75) is 23.8 Å². The zero-order valence-electron chi connectivity index (χ0n) is 16.7. The van der Waals surface area contributed by atoms with Crippen molar-refractivity contribution in [2.75, 3.05) is 39.7 Å². The van der Waals surface area contributed by atoms with Crippen molar-refractivity contribution in [2.24, 2.45) is 0 Å². The summed E-state index contributed by atoms with van der Waals surface area (Å²) in [4.78, 5) is 16.0. The van der Waals surface area contributed by atoms with Crippen molar-refractivity contribution in [3.05, 3.63) is 42.0 Å². The van der Waals surface area contributed by atoms with E-state index in [-0.39, 0.29) is 11.9 Å². The number of amides is 1. The highest BCUT2D eigenvalue weighted by Gasteiger charge is 2.32. The molecule has 1 fully saturated rings. The minimum Gasteiger partial charge on any atom is -0.497 e. The number of hydrogen-bond acceptors (Lipinski definition) is 6. The number of thioether (sulfide) groups is 1. The number of hydrogen-bond donors (Lipinski definition) is 0. The van der Waals surface area contributed by atoms with Gasteiger partial charge in [0.1, 0.15) is 24.7 Å². The molecule has 154 valence electrons. The van der Waals surface area contributed by atoms with Crippen molar-refractivity contribution in [3.63, 3.8) is 0 Å². The summed E-state index contributed by atoms with van der Waals surface area (Å²) >= 11 is 1.52. The maximum Gasteiger partial charge on any atom is 0.233 e. The third-order valence-electron chi connectivity index (χ3n) is 5.25. The molecule has 0 spiro atoms. The molecule has 1 saturated heterocycles. The van der Waals surface area contributed by atoms with E-state index in [9.17, 15) is 4.79 Å². The second-order valence-corrected chi connectivity index (χ2v) is 8.00. The lowest BCUT2D eigenvalue weighted by Crippen LogP contribution is -2.32. The molecule has 0 N–H and O–H groups in total. The van der Waals surface area contributed by atoms with Gasteiger partial charge in [0.25, 0.3) is 0 Å². The van der Waals surface area contributed by atoms with Crippen LogP contribution in [0.5, 0.6) is 23.0 Å². The van der Waals surface area contributed by atoms with Gasteiger partial charge in [0, 0.05) is 23.1 Å². The molecule has 0 aliphatic carbocycles. The average molecular weight is 416 g/mol. The Labute approximate surface area is 175 Å². The molecule has 1 atom stereocenters. The standard InChI is InChI=1S/C22H25NO5S/c1-25-15-5-7-17(20(12-15)26-2)18-4-3-9-23(18)22(24)14-29-16-6-8-19-21(13-16)28-11-10-27-19/h5-8,12-13,18H,3-4,9-11,14H2,1-2H3/t18-/m0/s1. The molecule has 0 saturated carbocycles. The van der Waals surface area contributed by atoms with Gasteiger partial charge in [0.2, 0.25) is 5.91 Å². The number of methoxy groups -OCH3 is 2. The molecule has 2 aliphatic rings. The Hall–Kier alpha value is -2.54. The smallest absolute Gasteiger partial charge is 0.233 e. The monoisotopic (exact) mass is 415 g/mol. The Kier molecular flexibility index (Phi) is 6.04. The van der Waals surface area contributed by atoms with Crippen LogP contribution in [0.1, 0.15) is 24.4 Å². The molecule has 1 amide bonds. The van der Waals surface area contributed by atoms with E-state index in [1.807, 2.05) is 41.3 Å². The minimum absolute atomic E-state index is 0.0317. The van der Waals surface area contributed by atoms with Gasteiger partial charge in [-0.1, -0.05) is 0 Å². The zero-order valence-corrected chi connectivity index (χ0v) is 17.5. The highest BCUT2D eigenvalue weighted by Crippen LogP contribution is 2.39. The van der Waals surface area contributed by atoms with Crippen LogP contribution in [0.3, 0.4) is 0 Å². The summed E-state index contributed by atoms with van der Waals surface area (Å²) in [7, 11) is 3.28. The Bertz CT molecular complexity index is 888. The van der Waals surface area contributed by atoms with E-state index in [4.69, 9.17) is 18.9 Å². The van der Waals surface area contributed by atoms with Gasteiger partial charge in [-0.25, -0.2) is 0 Å². The van der Waals surface area contributed by atoms with Crippen LogP contribution >= 0.6 is 11.8 Å². The Morgan fingerprint density at radius 3 is 2.72 bits per heavy atom. The van der Waals surface area contributed by atoms with Crippen LogP contribution in [0.2, 0.25) is 0 Å². The molecule has 0 radical (unpaired) electrons.